The van der Waals surface area contributed by atoms with E-state index in [0.29, 0.717) is 6.54 Å². The zero-order valence-electron chi connectivity index (χ0n) is 11.1. The van der Waals surface area contributed by atoms with E-state index in [1.54, 1.807) is 11.8 Å². The van der Waals surface area contributed by atoms with Crippen LogP contribution in [0.1, 0.15) is 18.1 Å². The minimum atomic E-state index is -3.68. The summed E-state index contributed by atoms with van der Waals surface area (Å²) >= 11 is 1.55. The Morgan fingerprint density at radius 3 is 2.63 bits per heavy atom. The second-order valence-electron chi connectivity index (χ2n) is 4.27. The normalized spacial score (nSPS) is 13.5. The minimum Gasteiger partial charge on any atom is -0.392 e. The van der Waals surface area contributed by atoms with Crippen LogP contribution >= 0.6 is 11.8 Å². The number of sulfonamides is 1. The van der Waals surface area contributed by atoms with E-state index >= 15 is 0 Å². The molecule has 0 aromatic heterocycles. The van der Waals surface area contributed by atoms with Crippen LogP contribution in [0.15, 0.2) is 17.0 Å². The summed E-state index contributed by atoms with van der Waals surface area (Å²) in [6.45, 7) is 3.14. The van der Waals surface area contributed by atoms with Crippen LogP contribution in [-0.4, -0.2) is 31.6 Å². The van der Waals surface area contributed by atoms with Gasteiger partial charge in [0.15, 0.2) is 0 Å². The maximum atomic E-state index is 13.6. The average molecular weight is 307 g/mol. The number of thioether (sulfide) groups is 1. The van der Waals surface area contributed by atoms with E-state index in [1.807, 2.05) is 13.2 Å². The maximum Gasteiger partial charge on any atom is 0.240 e. The molecule has 1 unspecified atom stereocenters. The van der Waals surface area contributed by atoms with E-state index in [0.717, 1.165) is 6.07 Å². The molecule has 0 aliphatic rings. The summed E-state index contributed by atoms with van der Waals surface area (Å²) in [6, 6.07) is 2.43. The van der Waals surface area contributed by atoms with Crippen molar-refractivity contribution in [1.82, 2.24) is 4.72 Å². The standard InChI is InChI=1S/C12H18FNO3S2/c1-8-4-11(5-10(7-15)12(8)13)19(16,17)14-6-9(2)18-3/h4-5,9,14-15H,6-7H2,1-3H3. The van der Waals surface area contributed by atoms with Gasteiger partial charge in [-0.15, -0.1) is 0 Å². The number of benzene rings is 1. The summed E-state index contributed by atoms with van der Waals surface area (Å²) in [7, 11) is -3.68. The number of rotatable bonds is 6. The molecule has 0 aliphatic heterocycles. The van der Waals surface area contributed by atoms with Crippen LogP contribution in [0.25, 0.3) is 0 Å². The van der Waals surface area contributed by atoms with E-state index in [1.165, 1.54) is 13.0 Å². The number of nitrogens with one attached hydrogen (secondary N) is 1. The highest BCUT2D eigenvalue weighted by molar-refractivity contribution is 7.99. The van der Waals surface area contributed by atoms with Gasteiger partial charge in [0, 0.05) is 17.4 Å². The van der Waals surface area contributed by atoms with Gasteiger partial charge in [-0.3, -0.25) is 0 Å². The lowest BCUT2D eigenvalue weighted by Gasteiger charge is -2.12. The third-order valence-corrected chi connectivity index (χ3v) is 5.12. The van der Waals surface area contributed by atoms with Crippen molar-refractivity contribution >= 4 is 21.8 Å². The highest BCUT2D eigenvalue weighted by Gasteiger charge is 2.18. The zero-order chi connectivity index (χ0) is 14.6. The molecule has 0 amide bonds. The van der Waals surface area contributed by atoms with Gasteiger partial charge in [0.1, 0.15) is 5.82 Å². The third-order valence-electron chi connectivity index (χ3n) is 2.75. The molecule has 0 fully saturated rings. The number of aliphatic hydroxyl groups excluding tert-OH is 1. The molecule has 0 saturated carbocycles. The van der Waals surface area contributed by atoms with Crippen molar-refractivity contribution in [2.45, 2.75) is 30.6 Å². The lowest BCUT2D eigenvalue weighted by molar-refractivity contribution is 0.275. The van der Waals surface area contributed by atoms with Gasteiger partial charge in [-0.1, -0.05) is 6.92 Å². The average Bonchev–Trinajstić information content (AvgIpc) is 2.38. The molecule has 108 valence electrons. The van der Waals surface area contributed by atoms with Crippen LogP contribution in [0, 0.1) is 12.7 Å². The first-order chi connectivity index (χ1) is 8.81. The Morgan fingerprint density at radius 1 is 1.47 bits per heavy atom. The van der Waals surface area contributed by atoms with Gasteiger partial charge < -0.3 is 5.11 Å². The van der Waals surface area contributed by atoms with Crippen LogP contribution in [0.4, 0.5) is 4.39 Å². The highest BCUT2D eigenvalue weighted by atomic mass is 32.2. The van der Waals surface area contributed by atoms with E-state index in [4.69, 9.17) is 5.11 Å². The Kier molecular flexibility index (Phi) is 5.79. The van der Waals surface area contributed by atoms with E-state index in [-0.39, 0.29) is 21.3 Å². The van der Waals surface area contributed by atoms with E-state index in [9.17, 15) is 12.8 Å². The van der Waals surface area contributed by atoms with Crippen LogP contribution in [-0.2, 0) is 16.6 Å². The molecule has 0 aliphatic carbocycles. The molecule has 4 nitrogen and oxygen atoms in total. The van der Waals surface area contributed by atoms with Crippen molar-refractivity contribution in [3.63, 3.8) is 0 Å². The Hall–Kier alpha value is -0.630. The first-order valence-corrected chi connectivity index (χ1v) is 8.51. The van der Waals surface area contributed by atoms with E-state index < -0.39 is 22.4 Å². The molecule has 1 atom stereocenters. The first-order valence-electron chi connectivity index (χ1n) is 5.74. The molecule has 2 N–H and O–H groups in total. The second-order valence-corrected chi connectivity index (χ2v) is 7.31. The summed E-state index contributed by atoms with van der Waals surface area (Å²) in [6.07, 6.45) is 1.89. The first kappa shape index (κ1) is 16.4. The molecule has 1 aromatic rings. The molecule has 0 bridgehead atoms. The fourth-order valence-electron chi connectivity index (χ4n) is 1.47. The molecule has 1 aromatic carbocycles. The summed E-state index contributed by atoms with van der Waals surface area (Å²) in [5.74, 6) is -0.570. The summed E-state index contributed by atoms with van der Waals surface area (Å²) in [5.41, 5.74) is 0.183. The van der Waals surface area contributed by atoms with Crippen LogP contribution in [0.3, 0.4) is 0 Å². The predicted octanol–water partition coefficient (Wildman–Crippen LogP) is 1.66. The predicted molar refractivity (Wildman–Crippen MR) is 75.2 cm³/mol. The molecule has 7 heteroatoms. The van der Waals surface area contributed by atoms with Gasteiger partial charge in [0.2, 0.25) is 10.0 Å². The molecule has 0 heterocycles. The van der Waals surface area contributed by atoms with Crippen molar-refractivity contribution in [2.75, 3.05) is 12.8 Å². The van der Waals surface area contributed by atoms with Gasteiger partial charge in [0.25, 0.3) is 0 Å². The summed E-state index contributed by atoms with van der Waals surface area (Å²) in [5, 5.41) is 9.18. The Labute approximate surface area is 117 Å². The monoisotopic (exact) mass is 307 g/mol. The Balaban J connectivity index is 3.05. The van der Waals surface area contributed by atoms with Crippen molar-refractivity contribution in [3.05, 3.63) is 29.1 Å². The van der Waals surface area contributed by atoms with Crippen molar-refractivity contribution in [2.24, 2.45) is 0 Å². The van der Waals surface area contributed by atoms with Gasteiger partial charge >= 0.3 is 0 Å². The number of halogens is 1. The highest BCUT2D eigenvalue weighted by Crippen LogP contribution is 2.19. The topological polar surface area (TPSA) is 66.4 Å². The SMILES string of the molecule is CSC(C)CNS(=O)(=O)c1cc(C)c(F)c(CO)c1. The lowest BCUT2D eigenvalue weighted by Crippen LogP contribution is -2.29. The zero-order valence-corrected chi connectivity index (χ0v) is 12.7. The molecule has 19 heavy (non-hydrogen) atoms. The number of aliphatic hydroxyl groups is 1. The van der Waals surface area contributed by atoms with Gasteiger partial charge in [-0.25, -0.2) is 17.5 Å². The number of aryl methyl sites for hydroxylation is 1. The molecule has 0 saturated heterocycles. The Morgan fingerprint density at radius 2 is 2.11 bits per heavy atom. The summed E-state index contributed by atoms with van der Waals surface area (Å²) < 4.78 is 40.2. The fraction of sp³-hybridized carbons (Fsp3) is 0.500. The third kappa shape index (κ3) is 4.17. The number of hydrogen-bond acceptors (Lipinski definition) is 4. The van der Waals surface area contributed by atoms with Gasteiger partial charge in [0.05, 0.1) is 11.5 Å². The molecule has 0 spiro atoms. The fourth-order valence-corrected chi connectivity index (χ4v) is 3.09. The van der Waals surface area contributed by atoms with Crippen LogP contribution in [0.5, 0.6) is 0 Å². The number of hydrogen-bond donors (Lipinski definition) is 2. The maximum absolute atomic E-state index is 13.6. The van der Waals surface area contributed by atoms with Gasteiger partial charge in [-0.2, -0.15) is 11.8 Å². The lowest BCUT2D eigenvalue weighted by atomic mass is 10.1. The van der Waals surface area contributed by atoms with Crippen LogP contribution < -0.4 is 4.72 Å². The van der Waals surface area contributed by atoms with Crippen molar-refractivity contribution in [1.29, 1.82) is 0 Å². The molecule has 1 rings (SSSR count). The van der Waals surface area contributed by atoms with Gasteiger partial charge in [-0.05, 0) is 30.9 Å². The minimum absolute atomic E-state index is 0.0155. The van der Waals surface area contributed by atoms with E-state index in [2.05, 4.69) is 4.72 Å². The smallest absolute Gasteiger partial charge is 0.240 e. The van der Waals surface area contributed by atoms with Crippen molar-refractivity contribution < 1.29 is 17.9 Å². The van der Waals surface area contributed by atoms with Crippen LogP contribution in [0.2, 0.25) is 0 Å². The quantitative estimate of drug-likeness (QED) is 0.839. The summed E-state index contributed by atoms with van der Waals surface area (Å²) in [4.78, 5) is -0.0243. The second kappa shape index (κ2) is 6.69. The molecular formula is C12H18FNO3S2. The Bertz CT molecular complexity index is 546. The molecule has 0 radical (unpaired) electrons. The van der Waals surface area contributed by atoms with Crippen molar-refractivity contribution in [3.8, 4) is 0 Å². The molecular weight excluding hydrogens is 289 g/mol. The largest absolute Gasteiger partial charge is 0.392 e.